The maximum Gasteiger partial charge on any atom is 0.410 e. The van der Waals surface area contributed by atoms with E-state index in [0.29, 0.717) is 19.0 Å². The van der Waals surface area contributed by atoms with Gasteiger partial charge in [0.05, 0.1) is 0 Å². The molecule has 0 aromatic rings. The number of hydrogen-bond acceptors (Lipinski definition) is 4. The van der Waals surface area contributed by atoms with E-state index in [0.717, 1.165) is 25.2 Å². The van der Waals surface area contributed by atoms with Crippen molar-refractivity contribution in [2.24, 2.45) is 10.9 Å². The molecule has 0 radical (unpaired) electrons. The van der Waals surface area contributed by atoms with Gasteiger partial charge < -0.3 is 14.5 Å². The fraction of sp³-hybridized carbons (Fsp3) is 0.667. The highest BCUT2D eigenvalue weighted by atomic mass is 16.6. The number of nitrogens with zero attached hydrogens (tertiary/aromatic N) is 3. The van der Waals surface area contributed by atoms with E-state index >= 15 is 0 Å². The Hall–Kier alpha value is -2.04. The van der Waals surface area contributed by atoms with Crippen LogP contribution in [0.4, 0.5) is 4.79 Å². The Kier molecular flexibility index (Phi) is 8.12. The highest BCUT2D eigenvalue weighted by Crippen LogP contribution is 2.41. The van der Waals surface area contributed by atoms with Gasteiger partial charge in [0.2, 0.25) is 0 Å². The predicted molar refractivity (Wildman–Crippen MR) is 121 cm³/mol. The first kappa shape index (κ1) is 23.2. The number of ether oxygens (including phenoxy) is 1. The van der Waals surface area contributed by atoms with Crippen molar-refractivity contribution in [3.05, 3.63) is 35.2 Å². The number of piperazine rings is 1. The molecule has 0 N–H and O–H groups in total. The lowest BCUT2D eigenvalue weighted by atomic mass is 9.95. The van der Waals surface area contributed by atoms with Crippen molar-refractivity contribution in [3.63, 3.8) is 0 Å². The molecule has 0 aromatic carbocycles. The summed E-state index contributed by atoms with van der Waals surface area (Å²) < 4.78 is 5.53. The molecule has 5 nitrogen and oxygen atoms in total. The van der Waals surface area contributed by atoms with Crippen LogP contribution in [0, 0.1) is 5.92 Å². The zero-order chi connectivity index (χ0) is 21.6. The minimum atomic E-state index is -0.456. The molecule has 1 aliphatic heterocycles. The molecule has 1 aliphatic carbocycles. The van der Waals surface area contributed by atoms with Gasteiger partial charge in [0, 0.05) is 49.4 Å². The van der Waals surface area contributed by atoms with Gasteiger partial charge in [-0.3, -0.25) is 4.99 Å². The second-order valence-electron chi connectivity index (χ2n) is 8.94. The van der Waals surface area contributed by atoms with Gasteiger partial charge in [-0.25, -0.2) is 4.79 Å². The Bertz CT molecular complexity index is 698. The average Bonchev–Trinajstić information content (AvgIpc) is 3.49. The summed E-state index contributed by atoms with van der Waals surface area (Å²) in [6.45, 7) is 17.3. The largest absolute Gasteiger partial charge is 0.444 e. The molecule has 0 spiro atoms. The van der Waals surface area contributed by atoms with E-state index in [1.807, 2.05) is 31.9 Å². The van der Waals surface area contributed by atoms with Gasteiger partial charge in [-0.05, 0) is 72.3 Å². The summed E-state index contributed by atoms with van der Waals surface area (Å²) >= 11 is 0. The van der Waals surface area contributed by atoms with Crippen molar-refractivity contribution in [2.45, 2.75) is 73.3 Å². The molecule has 2 rings (SSSR count). The summed E-state index contributed by atoms with van der Waals surface area (Å²) in [6.07, 6.45) is 9.57. The maximum absolute atomic E-state index is 12.4. The van der Waals surface area contributed by atoms with Gasteiger partial charge >= 0.3 is 6.09 Å². The topological polar surface area (TPSA) is 45.1 Å². The van der Waals surface area contributed by atoms with Crippen LogP contribution in [0.5, 0.6) is 0 Å². The first-order chi connectivity index (χ1) is 13.7. The molecule has 1 amide bonds. The van der Waals surface area contributed by atoms with E-state index in [1.165, 1.54) is 29.7 Å². The Morgan fingerprint density at radius 3 is 2.17 bits per heavy atom. The van der Waals surface area contributed by atoms with Crippen LogP contribution in [-0.4, -0.2) is 53.4 Å². The Balaban J connectivity index is 2.19. The van der Waals surface area contributed by atoms with Crippen LogP contribution < -0.4 is 0 Å². The van der Waals surface area contributed by atoms with Crippen molar-refractivity contribution < 1.29 is 9.53 Å². The van der Waals surface area contributed by atoms with Crippen LogP contribution >= 0.6 is 0 Å². The molecule has 0 unspecified atom stereocenters. The van der Waals surface area contributed by atoms with Crippen LogP contribution in [0.15, 0.2) is 40.2 Å². The maximum atomic E-state index is 12.4. The minimum Gasteiger partial charge on any atom is -0.444 e. The van der Waals surface area contributed by atoms with Gasteiger partial charge in [0.15, 0.2) is 0 Å². The van der Waals surface area contributed by atoms with Crippen molar-refractivity contribution >= 4 is 11.8 Å². The van der Waals surface area contributed by atoms with Crippen molar-refractivity contribution in [2.75, 3.05) is 26.2 Å². The van der Waals surface area contributed by atoms with Gasteiger partial charge in [0.25, 0.3) is 0 Å². The number of aliphatic imine (C=N–C) groups is 1. The van der Waals surface area contributed by atoms with E-state index in [9.17, 15) is 4.79 Å². The number of allylic oxidation sites excluding steroid dienone is 5. The summed E-state index contributed by atoms with van der Waals surface area (Å²) in [5, 5.41) is 0. The molecule has 162 valence electrons. The van der Waals surface area contributed by atoms with E-state index in [-0.39, 0.29) is 6.09 Å². The van der Waals surface area contributed by atoms with Gasteiger partial charge in [-0.2, -0.15) is 0 Å². The van der Waals surface area contributed by atoms with E-state index < -0.39 is 5.60 Å². The van der Waals surface area contributed by atoms with E-state index in [2.05, 4.69) is 44.7 Å². The first-order valence-corrected chi connectivity index (χ1v) is 11.0. The molecule has 1 heterocycles. The Labute approximate surface area is 177 Å². The number of carbonyl (C=O) groups is 1. The smallest absolute Gasteiger partial charge is 0.410 e. The van der Waals surface area contributed by atoms with Crippen molar-refractivity contribution in [1.29, 1.82) is 0 Å². The lowest BCUT2D eigenvalue weighted by Crippen LogP contribution is -2.49. The fourth-order valence-corrected chi connectivity index (χ4v) is 3.70. The van der Waals surface area contributed by atoms with E-state index in [1.54, 1.807) is 0 Å². The van der Waals surface area contributed by atoms with Crippen LogP contribution in [0.3, 0.4) is 0 Å². The van der Waals surface area contributed by atoms with Crippen LogP contribution in [0.1, 0.15) is 67.7 Å². The van der Waals surface area contributed by atoms with Crippen molar-refractivity contribution in [1.82, 2.24) is 9.80 Å². The molecule has 0 atom stereocenters. The molecular formula is C24H39N3O2. The molecular weight excluding hydrogens is 362 g/mol. The molecule has 2 aliphatic rings. The second kappa shape index (κ2) is 10.1. The van der Waals surface area contributed by atoms with Gasteiger partial charge in [-0.15, -0.1) is 0 Å². The van der Waals surface area contributed by atoms with E-state index in [4.69, 9.17) is 9.73 Å². The van der Waals surface area contributed by atoms with Gasteiger partial charge in [0.1, 0.15) is 5.60 Å². The summed E-state index contributed by atoms with van der Waals surface area (Å²) in [5.41, 5.74) is 4.58. The monoisotopic (exact) mass is 401 g/mol. The van der Waals surface area contributed by atoms with Crippen LogP contribution in [0.2, 0.25) is 0 Å². The molecule has 29 heavy (non-hydrogen) atoms. The predicted octanol–water partition coefficient (Wildman–Crippen LogP) is 5.55. The quantitative estimate of drug-likeness (QED) is 0.433. The normalized spacial score (nSPS) is 20.2. The van der Waals surface area contributed by atoms with Crippen molar-refractivity contribution in [3.8, 4) is 0 Å². The summed E-state index contributed by atoms with van der Waals surface area (Å²) in [7, 11) is 0. The second-order valence-corrected chi connectivity index (χ2v) is 8.94. The lowest BCUT2D eigenvalue weighted by Gasteiger charge is -2.38. The molecule has 0 aromatic heterocycles. The standard InChI is InChI=1S/C24H39N3O2/c1-8-10-13-25-18(3)22(21(9-2)20-11-12-20)19(4)26-14-16-27(17-15-26)23(28)29-24(5,6)7/h9-10,13,20H,8,11-12,14-17H2,1-7H3/b13-10+,21-9-,22-19-,25-18-. The number of rotatable bonds is 6. The Morgan fingerprint density at radius 1 is 1.10 bits per heavy atom. The third-order valence-corrected chi connectivity index (χ3v) is 5.36. The molecule has 2 fully saturated rings. The average molecular weight is 402 g/mol. The van der Waals surface area contributed by atoms with Crippen LogP contribution in [-0.2, 0) is 4.74 Å². The first-order valence-electron chi connectivity index (χ1n) is 11.0. The molecule has 1 saturated heterocycles. The lowest BCUT2D eigenvalue weighted by molar-refractivity contribution is 0.0168. The number of carbonyl (C=O) groups excluding carboxylic acids is 1. The van der Waals surface area contributed by atoms with Crippen LogP contribution in [0.25, 0.3) is 0 Å². The highest BCUT2D eigenvalue weighted by molar-refractivity contribution is 6.03. The summed E-state index contributed by atoms with van der Waals surface area (Å²) in [6, 6.07) is 0. The number of hydrogen-bond donors (Lipinski definition) is 0. The third-order valence-electron chi connectivity index (χ3n) is 5.36. The molecule has 1 saturated carbocycles. The zero-order valence-electron chi connectivity index (χ0n) is 19.4. The minimum absolute atomic E-state index is 0.214. The SMILES string of the molecule is C\C=C(C(/C(C)=N\C=C\CC)=C(/C)N1CCN(C(=O)OC(C)(C)C)CC1)\C1CC1. The Morgan fingerprint density at radius 2 is 1.69 bits per heavy atom. The van der Waals surface area contributed by atoms with Gasteiger partial charge in [-0.1, -0.05) is 19.1 Å². The fourth-order valence-electron chi connectivity index (χ4n) is 3.70. The third kappa shape index (κ3) is 6.76. The molecule has 0 bridgehead atoms. The molecule has 5 heteroatoms. The number of amides is 1. The highest BCUT2D eigenvalue weighted by Gasteiger charge is 2.31. The zero-order valence-corrected chi connectivity index (χ0v) is 19.4. The summed E-state index contributed by atoms with van der Waals surface area (Å²) in [4.78, 5) is 21.3. The summed E-state index contributed by atoms with van der Waals surface area (Å²) in [5.74, 6) is 0.660.